The molecule has 230 valence electrons. The molecule has 42 heavy (non-hydrogen) atoms. The number of aldehydes is 1. The van der Waals surface area contributed by atoms with Crippen LogP contribution in [-0.2, 0) is 33.3 Å². The van der Waals surface area contributed by atoms with Crippen LogP contribution in [0.25, 0.3) is 0 Å². The van der Waals surface area contributed by atoms with E-state index in [2.05, 4.69) is 12.2 Å². The second kappa shape index (κ2) is 9.03. The van der Waals surface area contributed by atoms with E-state index in [-0.39, 0.29) is 53.5 Å². The maximum atomic E-state index is 13.3. The van der Waals surface area contributed by atoms with Gasteiger partial charge in [0, 0.05) is 23.3 Å². The minimum atomic E-state index is -1.89. The third kappa shape index (κ3) is 3.44. The highest BCUT2D eigenvalue weighted by Crippen LogP contribution is 2.70. The Morgan fingerprint density at radius 3 is 2.60 bits per heavy atom. The zero-order chi connectivity index (χ0) is 29.3. The van der Waals surface area contributed by atoms with Crippen molar-refractivity contribution in [3.05, 3.63) is 11.6 Å². The fraction of sp³-hybridized carbons (Fsp3) is 0.839. The summed E-state index contributed by atoms with van der Waals surface area (Å²) >= 11 is 1.33. The summed E-state index contributed by atoms with van der Waals surface area (Å²) in [6, 6.07) is 0. The molecule has 10 nitrogen and oxygen atoms in total. The van der Waals surface area contributed by atoms with Gasteiger partial charge in [0.15, 0.2) is 0 Å². The molecule has 0 bridgehead atoms. The number of amides is 1. The molecule has 4 heterocycles. The Bertz CT molecular complexity index is 1260. The minimum Gasteiger partial charge on any atom is -0.458 e. The van der Waals surface area contributed by atoms with Crippen molar-refractivity contribution in [3.63, 3.8) is 0 Å². The zero-order valence-corrected chi connectivity index (χ0v) is 25.0. The molecule has 0 aromatic heterocycles. The van der Waals surface area contributed by atoms with E-state index >= 15 is 0 Å². The predicted octanol–water partition coefficient (Wildman–Crippen LogP) is 2.20. The largest absolute Gasteiger partial charge is 0.458 e. The number of carbonyl (C=O) groups is 3. The van der Waals surface area contributed by atoms with Crippen LogP contribution < -0.4 is 5.32 Å². The van der Waals surface area contributed by atoms with E-state index in [4.69, 9.17) is 18.9 Å². The molecule has 1 amide bonds. The third-order valence-electron chi connectivity index (χ3n) is 13.0. The van der Waals surface area contributed by atoms with Gasteiger partial charge in [0.25, 0.3) is 5.79 Å². The van der Waals surface area contributed by atoms with Gasteiger partial charge in [-0.05, 0) is 87.5 Å². The first-order chi connectivity index (χ1) is 20.0. The molecule has 8 aliphatic rings. The molecule has 1 unspecified atom stereocenters. The van der Waals surface area contributed by atoms with Crippen LogP contribution in [0.5, 0.6) is 0 Å². The maximum absolute atomic E-state index is 13.3. The number of nitrogens with one attached hydrogen (secondary N) is 1. The van der Waals surface area contributed by atoms with Crippen LogP contribution >= 0.6 is 11.8 Å². The number of hydrogen-bond donors (Lipinski definition) is 3. The third-order valence-corrected chi connectivity index (χ3v) is 14.5. The average molecular weight is 604 g/mol. The number of esters is 1. The number of ether oxygens (including phenoxy) is 4. The number of cyclic esters (lactones) is 1. The van der Waals surface area contributed by atoms with Gasteiger partial charge < -0.3 is 39.3 Å². The molecule has 8 rings (SSSR count). The van der Waals surface area contributed by atoms with Crippen molar-refractivity contribution in [2.75, 3.05) is 12.4 Å². The van der Waals surface area contributed by atoms with E-state index in [1.807, 2.05) is 6.92 Å². The van der Waals surface area contributed by atoms with Gasteiger partial charge in [0.2, 0.25) is 12.2 Å². The topological polar surface area (TPSA) is 141 Å². The van der Waals surface area contributed by atoms with Gasteiger partial charge >= 0.3 is 5.97 Å². The van der Waals surface area contributed by atoms with Gasteiger partial charge in [-0.3, -0.25) is 4.79 Å². The maximum Gasteiger partial charge on any atom is 0.331 e. The van der Waals surface area contributed by atoms with E-state index < -0.39 is 39.5 Å². The molecule has 13 atom stereocenters. The lowest BCUT2D eigenvalue weighted by molar-refractivity contribution is -0.447. The molecule has 3 N–H and O–H groups in total. The number of carbonyl (C=O) groups excluding carboxylic acids is 3. The predicted molar refractivity (Wildman–Crippen MR) is 148 cm³/mol. The van der Waals surface area contributed by atoms with Crippen molar-refractivity contribution >= 4 is 29.9 Å². The Balaban J connectivity index is 1.10. The fourth-order valence-electron chi connectivity index (χ4n) is 11.1. The summed E-state index contributed by atoms with van der Waals surface area (Å²) in [5.41, 5.74) is -1.06. The van der Waals surface area contributed by atoms with Crippen LogP contribution in [0.2, 0.25) is 0 Å². The molecule has 4 saturated carbocycles. The van der Waals surface area contributed by atoms with E-state index in [1.165, 1.54) is 11.8 Å². The average Bonchev–Trinajstić information content (AvgIpc) is 3.62. The lowest BCUT2D eigenvalue weighted by Crippen LogP contribution is -2.76. The summed E-state index contributed by atoms with van der Waals surface area (Å²) < 4.78 is 24.4. The summed E-state index contributed by atoms with van der Waals surface area (Å²) in [5, 5.41) is 27.6. The summed E-state index contributed by atoms with van der Waals surface area (Å²) in [7, 11) is 0. The first-order valence-electron chi connectivity index (χ1n) is 15.7. The Morgan fingerprint density at radius 2 is 1.88 bits per heavy atom. The van der Waals surface area contributed by atoms with Crippen molar-refractivity contribution in [1.82, 2.24) is 5.32 Å². The highest BCUT2D eigenvalue weighted by atomic mass is 32.2. The number of rotatable bonds is 2. The lowest BCUT2D eigenvalue weighted by Gasteiger charge is -2.65. The molecule has 4 aliphatic heterocycles. The fourth-order valence-corrected chi connectivity index (χ4v) is 12.4. The molecular formula is C31H41NO9S. The Morgan fingerprint density at radius 1 is 1.05 bits per heavy atom. The van der Waals surface area contributed by atoms with Gasteiger partial charge in [-0.25, -0.2) is 4.79 Å². The highest BCUT2D eigenvalue weighted by Gasteiger charge is 2.73. The van der Waals surface area contributed by atoms with Crippen LogP contribution in [0.4, 0.5) is 0 Å². The number of thioether (sulfide) groups is 1. The van der Waals surface area contributed by atoms with Gasteiger partial charge in [0.1, 0.15) is 17.8 Å². The van der Waals surface area contributed by atoms with Gasteiger partial charge in [-0.1, -0.05) is 6.92 Å². The molecular weight excluding hydrogens is 562 g/mol. The van der Waals surface area contributed by atoms with Crippen LogP contribution in [0.15, 0.2) is 11.6 Å². The summed E-state index contributed by atoms with van der Waals surface area (Å²) in [4.78, 5) is 36.5. The molecule has 0 aromatic rings. The number of hydrogen-bond acceptors (Lipinski definition) is 10. The zero-order valence-electron chi connectivity index (χ0n) is 24.2. The Hall–Kier alpha value is -1.50. The molecule has 0 aromatic carbocycles. The summed E-state index contributed by atoms with van der Waals surface area (Å²) in [5.74, 6) is -2.03. The van der Waals surface area contributed by atoms with E-state index in [9.17, 15) is 24.6 Å². The second-order valence-corrected chi connectivity index (χ2v) is 15.9. The highest BCUT2D eigenvalue weighted by molar-refractivity contribution is 8.01. The standard InChI is InChI=1S/C31H41NO9S/c1-16-11-30(32-24(34)14-42-30)31(37)26(39-16)40-22-10-18-3-4-21-20(28(18,15-33)12-23(22)41-31)5-7-27(2)19(6-8-29(21,27)36)17-9-25(35)38-13-17/h9,15-16,18-23,26,36-37H,3-8,10-14H2,1-2H3,(H,32,34)/t16-,18+,19-,20+,21-,22-,23-,26+,27-,28-,29+,30?,31-/m1/s1. The Kier molecular flexibility index (Phi) is 6.02. The monoisotopic (exact) mass is 603 g/mol. The minimum absolute atomic E-state index is 0.0184. The molecule has 11 heteroatoms. The van der Waals surface area contributed by atoms with Crippen LogP contribution in [0, 0.1) is 34.5 Å². The smallest absolute Gasteiger partial charge is 0.331 e. The quantitative estimate of drug-likeness (QED) is 0.244. The second-order valence-electron chi connectivity index (χ2n) is 14.6. The number of aliphatic hydroxyl groups is 2. The van der Waals surface area contributed by atoms with Crippen LogP contribution in [0.3, 0.4) is 0 Å². The SMILES string of the molecule is C[C@@H]1CC2(NC(=O)CS2)[C@]2(O)O[C@@H]3C[C@@]4(C=O)[C@@H](CC[C@@H]5[C@@H]4CC[C@]4(C)[C@@H](C6=CC(=O)OC6)CC[C@]54O)C[C@H]3O[C@@H]2O1. The summed E-state index contributed by atoms with van der Waals surface area (Å²) in [6.45, 7) is 4.38. The summed E-state index contributed by atoms with van der Waals surface area (Å²) in [6.07, 6.45) is 6.63. The van der Waals surface area contributed by atoms with E-state index in [0.29, 0.717) is 32.3 Å². The van der Waals surface area contributed by atoms with Crippen LogP contribution in [-0.4, -0.2) is 81.6 Å². The van der Waals surface area contributed by atoms with Crippen LogP contribution in [0.1, 0.15) is 71.6 Å². The molecule has 0 radical (unpaired) electrons. The van der Waals surface area contributed by atoms with Crippen molar-refractivity contribution in [3.8, 4) is 0 Å². The van der Waals surface area contributed by atoms with Crippen molar-refractivity contribution in [1.29, 1.82) is 0 Å². The van der Waals surface area contributed by atoms with Crippen molar-refractivity contribution in [2.45, 2.75) is 112 Å². The Labute approximate surface area is 249 Å². The van der Waals surface area contributed by atoms with Gasteiger partial charge in [-0.15, -0.1) is 11.8 Å². The molecule has 7 fully saturated rings. The van der Waals surface area contributed by atoms with Gasteiger partial charge in [0.05, 0.1) is 29.7 Å². The van der Waals surface area contributed by atoms with E-state index in [0.717, 1.165) is 44.0 Å². The van der Waals surface area contributed by atoms with Gasteiger partial charge in [-0.2, -0.15) is 0 Å². The van der Waals surface area contributed by atoms with Crippen molar-refractivity contribution < 1.29 is 43.5 Å². The normalized spacial score (nSPS) is 56.3. The first kappa shape index (κ1) is 28.0. The van der Waals surface area contributed by atoms with Crippen molar-refractivity contribution in [2.24, 2.45) is 34.5 Å². The molecule has 1 spiro atoms. The lowest BCUT2D eigenvalue weighted by atomic mass is 9.42. The number of fused-ring (bicyclic) bond motifs is 8. The van der Waals surface area contributed by atoms with E-state index in [1.54, 1.807) is 6.08 Å². The first-order valence-corrected chi connectivity index (χ1v) is 16.7. The molecule has 4 aliphatic carbocycles. The molecule has 3 saturated heterocycles.